The third kappa shape index (κ3) is 10.3. The van der Waals surface area contributed by atoms with Gasteiger partial charge in [-0.15, -0.1) is 0 Å². The van der Waals surface area contributed by atoms with Crippen molar-refractivity contribution >= 4 is 11.8 Å². The van der Waals surface area contributed by atoms with E-state index in [4.69, 9.17) is 5.11 Å². The van der Waals surface area contributed by atoms with Crippen LogP contribution in [0.4, 0.5) is 0 Å². The maximum absolute atomic E-state index is 8.93. The van der Waals surface area contributed by atoms with E-state index < -0.39 is 0 Å². The Kier molecular flexibility index (Phi) is 15.6. The molecule has 0 bridgehead atoms. The van der Waals surface area contributed by atoms with Crippen LogP contribution in [0.15, 0.2) is 24.3 Å². The van der Waals surface area contributed by atoms with Gasteiger partial charge in [-0.05, 0) is 17.4 Å². The first-order valence-electron chi connectivity index (χ1n) is 9.35. The van der Waals surface area contributed by atoms with E-state index in [0.717, 1.165) is 45.0 Å². The molecule has 1 saturated heterocycles. The Balaban J connectivity index is 0.000000952. The van der Waals surface area contributed by atoms with E-state index in [1.54, 1.807) is 0 Å². The zero-order valence-electron chi connectivity index (χ0n) is 16.4. The summed E-state index contributed by atoms with van der Waals surface area (Å²) in [5.41, 5.74) is 2.81. The van der Waals surface area contributed by atoms with Crippen molar-refractivity contribution in [3.05, 3.63) is 35.4 Å². The van der Waals surface area contributed by atoms with Crippen molar-refractivity contribution in [2.45, 2.75) is 46.4 Å². The molecular formula is C20H38N2OS. The predicted octanol–water partition coefficient (Wildman–Crippen LogP) is 4.10. The van der Waals surface area contributed by atoms with Crippen molar-refractivity contribution in [1.82, 2.24) is 9.80 Å². The van der Waals surface area contributed by atoms with Gasteiger partial charge in [-0.3, -0.25) is 9.80 Å². The topological polar surface area (TPSA) is 26.7 Å². The van der Waals surface area contributed by atoms with E-state index in [0.29, 0.717) is 0 Å². The number of β-amino-alcohol motifs (C(OH)–C–C–N with tert-alkyl or cyclic N) is 1. The average molecular weight is 355 g/mol. The van der Waals surface area contributed by atoms with E-state index in [9.17, 15) is 0 Å². The standard InChI is InChI=1S/C15H24N2OS.C3H8.C2H6/c1-19-13-15-4-2-14(3-5-15)12-17-8-6-16(7-9-17)10-11-18;1-3-2;1-2/h2-5,18H,6-13H2,1H3;3H2,1-2H3;1-2H3. The lowest BCUT2D eigenvalue weighted by atomic mass is 10.1. The van der Waals surface area contributed by atoms with Crippen LogP contribution < -0.4 is 0 Å². The van der Waals surface area contributed by atoms with Gasteiger partial charge in [-0.2, -0.15) is 11.8 Å². The molecule has 0 atom stereocenters. The van der Waals surface area contributed by atoms with Gasteiger partial charge in [0.05, 0.1) is 6.61 Å². The summed E-state index contributed by atoms with van der Waals surface area (Å²) < 4.78 is 0. The molecule has 1 aliphatic heterocycles. The van der Waals surface area contributed by atoms with Crippen molar-refractivity contribution in [2.75, 3.05) is 45.6 Å². The monoisotopic (exact) mass is 354 g/mol. The van der Waals surface area contributed by atoms with Crippen LogP contribution in [0, 0.1) is 0 Å². The summed E-state index contributed by atoms with van der Waals surface area (Å²) >= 11 is 1.86. The van der Waals surface area contributed by atoms with Gasteiger partial charge >= 0.3 is 0 Å². The second-order valence-electron chi connectivity index (χ2n) is 5.80. The van der Waals surface area contributed by atoms with E-state index in [1.807, 2.05) is 25.6 Å². The SMILES string of the molecule is CC.CCC.CSCc1ccc(CN2CCN(CCO)CC2)cc1. The Hall–Kier alpha value is -0.550. The molecule has 1 heterocycles. The molecule has 0 aromatic heterocycles. The number of hydrogen-bond donors (Lipinski definition) is 1. The molecule has 0 spiro atoms. The molecule has 1 aromatic rings. The lowest BCUT2D eigenvalue weighted by Crippen LogP contribution is -2.46. The lowest BCUT2D eigenvalue weighted by Gasteiger charge is -2.34. The molecule has 2 rings (SSSR count). The van der Waals surface area contributed by atoms with Gasteiger partial charge in [0.1, 0.15) is 0 Å². The summed E-state index contributed by atoms with van der Waals surface area (Å²) in [7, 11) is 0. The van der Waals surface area contributed by atoms with Gasteiger partial charge in [-0.25, -0.2) is 0 Å². The van der Waals surface area contributed by atoms with E-state index >= 15 is 0 Å². The molecule has 1 fully saturated rings. The van der Waals surface area contributed by atoms with Crippen LogP contribution in [0.5, 0.6) is 0 Å². The summed E-state index contributed by atoms with van der Waals surface area (Å²) in [6.45, 7) is 14.7. The van der Waals surface area contributed by atoms with Gasteiger partial charge in [0.15, 0.2) is 0 Å². The van der Waals surface area contributed by atoms with Crippen LogP contribution in [0.1, 0.15) is 45.2 Å². The predicted molar refractivity (Wildman–Crippen MR) is 110 cm³/mol. The highest BCUT2D eigenvalue weighted by Gasteiger charge is 2.16. The Bertz CT molecular complexity index is 376. The number of nitrogens with zero attached hydrogens (tertiary/aromatic N) is 2. The second kappa shape index (κ2) is 15.9. The Morgan fingerprint density at radius 1 is 0.917 bits per heavy atom. The van der Waals surface area contributed by atoms with E-state index in [2.05, 4.69) is 54.2 Å². The second-order valence-corrected chi connectivity index (χ2v) is 6.66. The summed E-state index contributed by atoms with van der Waals surface area (Å²) in [4.78, 5) is 4.83. The largest absolute Gasteiger partial charge is 0.395 e. The average Bonchev–Trinajstić information content (AvgIpc) is 2.61. The zero-order valence-corrected chi connectivity index (χ0v) is 17.2. The van der Waals surface area contributed by atoms with Gasteiger partial charge in [0.2, 0.25) is 0 Å². The Labute approximate surface area is 154 Å². The minimum atomic E-state index is 0.275. The van der Waals surface area contributed by atoms with Crippen LogP contribution in [0.3, 0.4) is 0 Å². The maximum Gasteiger partial charge on any atom is 0.0558 e. The molecule has 1 aliphatic rings. The van der Waals surface area contributed by atoms with Crippen molar-refractivity contribution in [3.8, 4) is 0 Å². The summed E-state index contributed by atoms with van der Waals surface area (Å²) in [6, 6.07) is 9.00. The highest BCUT2D eigenvalue weighted by molar-refractivity contribution is 7.97. The smallest absolute Gasteiger partial charge is 0.0558 e. The van der Waals surface area contributed by atoms with Crippen LogP contribution in [-0.4, -0.2) is 60.5 Å². The summed E-state index contributed by atoms with van der Waals surface area (Å²) in [5, 5.41) is 8.93. The molecule has 0 saturated carbocycles. The molecule has 0 unspecified atom stereocenters. The normalized spacial score (nSPS) is 15.1. The third-order valence-corrected chi connectivity index (χ3v) is 4.24. The van der Waals surface area contributed by atoms with E-state index in [1.165, 1.54) is 17.5 Å². The number of thioether (sulfide) groups is 1. The molecular weight excluding hydrogens is 316 g/mol. The minimum absolute atomic E-state index is 0.275. The maximum atomic E-state index is 8.93. The van der Waals surface area contributed by atoms with Crippen molar-refractivity contribution in [2.24, 2.45) is 0 Å². The third-order valence-electron chi connectivity index (χ3n) is 3.62. The van der Waals surface area contributed by atoms with Crippen molar-refractivity contribution < 1.29 is 5.11 Å². The highest BCUT2D eigenvalue weighted by Crippen LogP contribution is 2.13. The van der Waals surface area contributed by atoms with Crippen LogP contribution in [0.2, 0.25) is 0 Å². The van der Waals surface area contributed by atoms with Gasteiger partial charge in [0, 0.05) is 45.0 Å². The number of piperazine rings is 1. The number of aliphatic hydroxyl groups excluding tert-OH is 1. The first-order chi connectivity index (χ1) is 11.7. The quantitative estimate of drug-likeness (QED) is 0.832. The molecule has 1 aromatic carbocycles. The number of aliphatic hydroxyl groups is 1. The molecule has 0 aliphatic carbocycles. The fourth-order valence-corrected chi connectivity index (χ4v) is 3.00. The van der Waals surface area contributed by atoms with Gasteiger partial charge in [-0.1, -0.05) is 58.4 Å². The summed E-state index contributed by atoms with van der Waals surface area (Å²) in [5.74, 6) is 1.10. The van der Waals surface area contributed by atoms with Crippen molar-refractivity contribution in [1.29, 1.82) is 0 Å². The van der Waals surface area contributed by atoms with Crippen molar-refractivity contribution in [3.63, 3.8) is 0 Å². The number of hydrogen-bond acceptors (Lipinski definition) is 4. The van der Waals surface area contributed by atoms with Crippen LogP contribution >= 0.6 is 11.8 Å². The lowest BCUT2D eigenvalue weighted by molar-refractivity contribution is 0.108. The minimum Gasteiger partial charge on any atom is -0.395 e. The molecule has 0 radical (unpaired) electrons. The first kappa shape index (κ1) is 23.4. The van der Waals surface area contributed by atoms with Crippen LogP contribution in [-0.2, 0) is 12.3 Å². The number of rotatable bonds is 6. The molecule has 140 valence electrons. The fraction of sp³-hybridized carbons (Fsp3) is 0.700. The highest BCUT2D eigenvalue weighted by atomic mass is 32.2. The zero-order chi connectivity index (χ0) is 18.2. The molecule has 1 N–H and O–H groups in total. The molecule has 4 heteroatoms. The Morgan fingerprint density at radius 2 is 1.38 bits per heavy atom. The van der Waals surface area contributed by atoms with Gasteiger partial charge in [0.25, 0.3) is 0 Å². The fourth-order valence-electron chi connectivity index (χ4n) is 2.48. The van der Waals surface area contributed by atoms with Crippen LogP contribution in [0.25, 0.3) is 0 Å². The molecule has 0 amide bonds. The van der Waals surface area contributed by atoms with E-state index in [-0.39, 0.29) is 6.61 Å². The van der Waals surface area contributed by atoms with Gasteiger partial charge < -0.3 is 5.11 Å². The molecule has 24 heavy (non-hydrogen) atoms. The first-order valence-corrected chi connectivity index (χ1v) is 10.7. The number of benzene rings is 1. The Morgan fingerprint density at radius 3 is 1.83 bits per heavy atom. The summed E-state index contributed by atoms with van der Waals surface area (Å²) in [6.07, 6.45) is 3.39. The molecule has 3 nitrogen and oxygen atoms in total.